The Morgan fingerprint density at radius 3 is 2.39 bits per heavy atom. The zero-order chi connectivity index (χ0) is 20.7. The maximum absolute atomic E-state index is 12.8. The van der Waals surface area contributed by atoms with Gasteiger partial charge < -0.3 is 15.4 Å². The van der Waals surface area contributed by atoms with Crippen molar-refractivity contribution in [3.8, 4) is 5.75 Å². The number of hydrogen-bond acceptors (Lipinski definition) is 5. The van der Waals surface area contributed by atoms with Crippen molar-refractivity contribution in [2.75, 3.05) is 29.4 Å². The van der Waals surface area contributed by atoms with Gasteiger partial charge in [-0.25, -0.2) is 12.8 Å². The number of rotatable bonds is 8. The fourth-order valence-corrected chi connectivity index (χ4v) is 2.84. The van der Waals surface area contributed by atoms with Gasteiger partial charge in [-0.2, -0.15) is 0 Å². The highest BCUT2D eigenvalue weighted by molar-refractivity contribution is 7.92. The lowest BCUT2D eigenvalue weighted by atomic mass is 10.1. The quantitative estimate of drug-likeness (QED) is 0.577. The summed E-state index contributed by atoms with van der Waals surface area (Å²) in [7, 11) is -3.61. The molecule has 0 bridgehead atoms. The molecule has 10 heteroatoms. The molecule has 0 heterocycles. The second-order valence-corrected chi connectivity index (χ2v) is 7.62. The summed E-state index contributed by atoms with van der Waals surface area (Å²) < 4.78 is 43.5. The molecule has 0 aliphatic heterocycles. The first-order chi connectivity index (χ1) is 13.1. The minimum atomic E-state index is -3.61. The van der Waals surface area contributed by atoms with Gasteiger partial charge in [0.1, 0.15) is 18.2 Å². The summed E-state index contributed by atoms with van der Waals surface area (Å²) in [6.07, 6.45) is 0.965. The van der Waals surface area contributed by atoms with E-state index in [4.69, 9.17) is 4.74 Å². The van der Waals surface area contributed by atoms with Crippen LogP contribution in [0.15, 0.2) is 42.5 Å². The van der Waals surface area contributed by atoms with Crippen LogP contribution in [-0.2, 0) is 14.8 Å². The minimum Gasteiger partial charge on any atom is -0.492 e. The van der Waals surface area contributed by atoms with Gasteiger partial charge in [0, 0.05) is 12.6 Å². The van der Waals surface area contributed by atoms with Gasteiger partial charge in [-0.15, -0.1) is 0 Å². The second-order valence-electron chi connectivity index (χ2n) is 5.87. The third kappa shape index (κ3) is 6.88. The molecule has 0 radical (unpaired) electrons. The molecule has 0 aliphatic carbocycles. The van der Waals surface area contributed by atoms with E-state index in [0.717, 1.165) is 6.26 Å². The number of hydrogen-bond donors (Lipinski definition) is 3. The van der Waals surface area contributed by atoms with Crippen molar-refractivity contribution in [1.29, 1.82) is 0 Å². The molecule has 0 atom stereocenters. The van der Waals surface area contributed by atoms with Gasteiger partial charge in [-0.3, -0.25) is 14.3 Å². The minimum absolute atomic E-state index is 0.0402. The Hall–Kier alpha value is -3.14. The van der Waals surface area contributed by atoms with E-state index in [1.807, 2.05) is 0 Å². The van der Waals surface area contributed by atoms with Crippen molar-refractivity contribution in [2.24, 2.45) is 0 Å². The number of anilines is 2. The fourth-order valence-electron chi connectivity index (χ4n) is 2.26. The van der Waals surface area contributed by atoms with Crippen molar-refractivity contribution in [3.63, 3.8) is 0 Å². The topological polar surface area (TPSA) is 114 Å². The number of carbonyl (C=O) groups is 2. The Morgan fingerprint density at radius 2 is 1.79 bits per heavy atom. The molecule has 0 saturated carbocycles. The van der Waals surface area contributed by atoms with Crippen LogP contribution in [-0.4, -0.2) is 39.6 Å². The molecule has 2 rings (SSSR count). The molecule has 0 aromatic heterocycles. The smallest absolute Gasteiger partial charge is 0.253 e. The van der Waals surface area contributed by atoms with Gasteiger partial charge in [0.25, 0.3) is 5.91 Å². The lowest BCUT2D eigenvalue weighted by Crippen LogP contribution is -2.29. The average molecular weight is 409 g/mol. The molecule has 2 aromatic carbocycles. The predicted octanol–water partition coefficient (Wildman–Crippen LogP) is 1.96. The second kappa shape index (κ2) is 9.18. The van der Waals surface area contributed by atoms with Gasteiger partial charge >= 0.3 is 0 Å². The van der Waals surface area contributed by atoms with Crippen molar-refractivity contribution in [2.45, 2.75) is 6.92 Å². The van der Waals surface area contributed by atoms with Crippen LogP contribution in [0.2, 0.25) is 0 Å². The van der Waals surface area contributed by atoms with Crippen LogP contribution in [0.4, 0.5) is 15.8 Å². The van der Waals surface area contributed by atoms with E-state index in [1.165, 1.54) is 49.4 Å². The maximum atomic E-state index is 12.8. The molecule has 0 fully saturated rings. The first-order valence-corrected chi connectivity index (χ1v) is 10.1. The van der Waals surface area contributed by atoms with E-state index in [1.54, 1.807) is 0 Å². The summed E-state index contributed by atoms with van der Waals surface area (Å²) in [4.78, 5) is 23.7. The largest absolute Gasteiger partial charge is 0.492 e. The molecule has 28 heavy (non-hydrogen) atoms. The first kappa shape index (κ1) is 21.2. The van der Waals surface area contributed by atoms with Crippen LogP contribution >= 0.6 is 0 Å². The van der Waals surface area contributed by atoms with Gasteiger partial charge in [0.2, 0.25) is 15.9 Å². The monoisotopic (exact) mass is 409 g/mol. The van der Waals surface area contributed by atoms with Crippen LogP contribution < -0.4 is 20.1 Å². The summed E-state index contributed by atoms with van der Waals surface area (Å²) in [5.41, 5.74) is 0.464. The van der Waals surface area contributed by atoms with E-state index in [0.29, 0.717) is 11.4 Å². The Kier molecular flexibility index (Phi) is 6.94. The highest BCUT2D eigenvalue weighted by Crippen LogP contribution is 2.22. The van der Waals surface area contributed by atoms with Gasteiger partial charge in [-0.1, -0.05) is 0 Å². The molecular formula is C18H20FN3O5S. The molecule has 0 aliphatic rings. The maximum Gasteiger partial charge on any atom is 0.253 e. The number of benzene rings is 2. The highest BCUT2D eigenvalue weighted by Gasteiger charge is 2.15. The summed E-state index contributed by atoms with van der Waals surface area (Å²) in [6.45, 7) is 1.56. The number of halogens is 1. The van der Waals surface area contributed by atoms with Crippen molar-refractivity contribution < 1.29 is 27.1 Å². The van der Waals surface area contributed by atoms with E-state index >= 15 is 0 Å². The Bertz CT molecular complexity index is 962. The molecule has 3 N–H and O–H groups in total. The van der Waals surface area contributed by atoms with E-state index < -0.39 is 15.9 Å². The number of carbonyl (C=O) groups excluding carboxylic acids is 2. The van der Waals surface area contributed by atoms with Gasteiger partial charge in [-0.05, 0) is 42.5 Å². The van der Waals surface area contributed by atoms with E-state index in [9.17, 15) is 22.4 Å². The normalized spacial score (nSPS) is 10.8. The van der Waals surface area contributed by atoms with Crippen molar-refractivity contribution in [3.05, 3.63) is 53.8 Å². The van der Waals surface area contributed by atoms with Gasteiger partial charge in [0.15, 0.2) is 0 Å². The first-order valence-electron chi connectivity index (χ1n) is 8.20. The molecule has 8 nitrogen and oxygen atoms in total. The number of amides is 2. The number of ether oxygens (including phenoxy) is 1. The van der Waals surface area contributed by atoms with E-state index in [2.05, 4.69) is 15.4 Å². The zero-order valence-electron chi connectivity index (χ0n) is 15.3. The van der Waals surface area contributed by atoms with Crippen molar-refractivity contribution in [1.82, 2.24) is 5.32 Å². The van der Waals surface area contributed by atoms with Crippen LogP contribution in [0.3, 0.4) is 0 Å². The number of sulfonamides is 1. The molecular weight excluding hydrogens is 389 g/mol. The standard InChI is InChI=1S/C18H20FN3O5S/c1-12(23)21-14-5-8-17(22-28(2,25)26)16(11-14)18(24)20-9-10-27-15-6-3-13(19)4-7-15/h3-8,11,22H,9-10H2,1-2H3,(H,20,24)(H,21,23). The molecule has 150 valence electrons. The van der Waals surface area contributed by atoms with Gasteiger partial charge in [0.05, 0.1) is 24.1 Å². The van der Waals surface area contributed by atoms with Crippen LogP contribution in [0.5, 0.6) is 5.75 Å². The Morgan fingerprint density at radius 1 is 1.11 bits per heavy atom. The molecule has 0 unspecified atom stereocenters. The third-order valence-corrected chi connectivity index (χ3v) is 3.94. The summed E-state index contributed by atoms with van der Waals surface area (Å²) >= 11 is 0. The number of nitrogens with one attached hydrogen (secondary N) is 3. The fraction of sp³-hybridized carbons (Fsp3) is 0.222. The molecule has 0 saturated heterocycles. The zero-order valence-corrected chi connectivity index (χ0v) is 16.1. The predicted molar refractivity (Wildman–Crippen MR) is 103 cm³/mol. The van der Waals surface area contributed by atoms with Crippen LogP contribution in [0.1, 0.15) is 17.3 Å². The Balaban J connectivity index is 2.05. The summed E-state index contributed by atoms with van der Waals surface area (Å²) in [5.74, 6) is -0.822. The summed E-state index contributed by atoms with van der Waals surface area (Å²) in [5, 5.41) is 5.13. The van der Waals surface area contributed by atoms with E-state index in [-0.39, 0.29) is 36.1 Å². The lowest BCUT2D eigenvalue weighted by Gasteiger charge is -2.13. The average Bonchev–Trinajstić information content (AvgIpc) is 2.59. The SMILES string of the molecule is CC(=O)Nc1ccc(NS(C)(=O)=O)c(C(=O)NCCOc2ccc(F)cc2)c1. The molecule has 2 aromatic rings. The van der Waals surface area contributed by atoms with Crippen LogP contribution in [0, 0.1) is 5.82 Å². The lowest BCUT2D eigenvalue weighted by molar-refractivity contribution is -0.114. The van der Waals surface area contributed by atoms with Crippen LogP contribution in [0.25, 0.3) is 0 Å². The Labute approximate surface area is 162 Å². The van der Waals surface area contributed by atoms with Crippen molar-refractivity contribution >= 4 is 33.2 Å². The molecule has 0 spiro atoms. The highest BCUT2D eigenvalue weighted by atomic mass is 32.2. The third-order valence-electron chi connectivity index (χ3n) is 3.35. The molecule has 2 amide bonds. The summed E-state index contributed by atoms with van der Waals surface area (Å²) in [6, 6.07) is 9.66.